The summed E-state index contributed by atoms with van der Waals surface area (Å²) in [6, 6.07) is 18.0. The molecule has 0 saturated heterocycles. The number of anilines is 4. The van der Waals surface area contributed by atoms with Crippen molar-refractivity contribution < 1.29 is 10.0 Å². The minimum absolute atomic E-state index is 0.0298. The van der Waals surface area contributed by atoms with Gasteiger partial charge in [0, 0.05) is 64.0 Å². The van der Waals surface area contributed by atoms with Crippen molar-refractivity contribution in [2.75, 3.05) is 10.6 Å². The fraction of sp³-hybridized carbons (Fsp3) is 0.167. The number of nitrogens with zero attached hydrogens (tertiary/aromatic N) is 7. The summed E-state index contributed by atoms with van der Waals surface area (Å²) in [5, 5.41) is 45.3. The first kappa shape index (κ1) is 34.3. The number of nitro benzene ring substituents is 1. The normalized spacial score (nSPS) is 10.4. The van der Waals surface area contributed by atoms with Crippen molar-refractivity contribution in [3.8, 4) is 40.4 Å². The summed E-state index contributed by atoms with van der Waals surface area (Å²) in [4.78, 5) is 34.2. The van der Waals surface area contributed by atoms with Gasteiger partial charge in [-0.2, -0.15) is 10.5 Å². The van der Waals surface area contributed by atoms with Gasteiger partial charge in [0.15, 0.2) is 0 Å². The van der Waals surface area contributed by atoms with Crippen molar-refractivity contribution in [1.29, 1.82) is 10.5 Å². The molecule has 14 nitrogen and oxygen atoms in total. The van der Waals surface area contributed by atoms with Gasteiger partial charge in [0.1, 0.15) is 29.3 Å². The summed E-state index contributed by atoms with van der Waals surface area (Å²) >= 11 is 0. The fourth-order valence-corrected chi connectivity index (χ4v) is 5.44. The van der Waals surface area contributed by atoms with Gasteiger partial charge in [0.2, 0.25) is 11.9 Å². The highest BCUT2D eigenvalue weighted by atomic mass is 16.6. The number of nitro groups is 1. The first-order valence-electron chi connectivity index (χ1n) is 15.3. The van der Waals surface area contributed by atoms with Crippen LogP contribution in [0.2, 0.25) is 0 Å². The van der Waals surface area contributed by atoms with Crippen LogP contribution >= 0.6 is 0 Å². The molecule has 0 saturated carbocycles. The molecule has 5 N–H and O–H groups in total. The number of nitriles is 2. The quantitative estimate of drug-likeness (QED) is 0.0822. The van der Waals surface area contributed by atoms with E-state index in [9.17, 15) is 15.2 Å². The molecule has 0 spiro atoms. The molecule has 0 aliphatic rings. The second-order valence-electron chi connectivity index (χ2n) is 11.5. The number of benzene rings is 2. The SMILES string of the molecule is Cc1ccc(Nc2nccc(-c3c(C)[nH]c(C#N)c3C)n2)cc1O.Cc1ccc(Nc2nccc(-c3c(C)[nH]c(C#N)c3C)n2)cc1[N+](=O)[O-]. The molecule has 2 aromatic carbocycles. The van der Waals surface area contributed by atoms with Crippen LogP contribution in [0.3, 0.4) is 0 Å². The average Bonchev–Trinajstić information content (AvgIpc) is 3.55. The predicted molar refractivity (Wildman–Crippen MR) is 189 cm³/mol. The molecular formula is C36H33N11O3. The van der Waals surface area contributed by atoms with Crippen molar-refractivity contribution in [2.45, 2.75) is 41.5 Å². The maximum Gasteiger partial charge on any atom is 0.274 e. The molecule has 0 bridgehead atoms. The van der Waals surface area contributed by atoms with Crippen molar-refractivity contribution >= 4 is 29.0 Å². The molecule has 0 aliphatic carbocycles. The highest BCUT2D eigenvalue weighted by Crippen LogP contribution is 2.31. The molecule has 6 aromatic rings. The van der Waals surface area contributed by atoms with Gasteiger partial charge in [0.25, 0.3) is 5.69 Å². The molecular weight excluding hydrogens is 634 g/mol. The van der Waals surface area contributed by atoms with Crippen LogP contribution in [-0.2, 0) is 0 Å². The molecule has 250 valence electrons. The van der Waals surface area contributed by atoms with Gasteiger partial charge in [-0.15, -0.1) is 0 Å². The molecule has 0 amide bonds. The molecule has 50 heavy (non-hydrogen) atoms. The van der Waals surface area contributed by atoms with Crippen LogP contribution < -0.4 is 10.6 Å². The number of H-pyrrole nitrogens is 2. The van der Waals surface area contributed by atoms with Crippen LogP contribution in [0.4, 0.5) is 29.0 Å². The highest BCUT2D eigenvalue weighted by molar-refractivity contribution is 5.72. The lowest BCUT2D eigenvalue weighted by Crippen LogP contribution is -2.00. The van der Waals surface area contributed by atoms with Crippen LogP contribution in [0, 0.1) is 74.3 Å². The Kier molecular flexibility index (Phi) is 9.85. The largest absolute Gasteiger partial charge is 0.508 e. The Morgan fingerprint density at radius 1 is 0.720 bits per heavy atom. The van der Waals surface area contributed by atoms with E-state index in [2.05, 4.69) is 52.7 Å². The van der Waals surface area contributed by atoms with E-state index in [1.807, 2.05) is 52.8 Å². The van der Waals surface area contributed by atoms with Crippen molar-refractivity contribution in [3.63, 3.8) is 0 Å². The minimum Gasteiger partial charge on any atom is -0.508 e. The predicted octanol–water partition coefficient (Wildman–Crippen LogP) is 7.64. The topological polar surface area (TPSA) is 218 Å². The van der Waals surface area contributed by atoms with Gasteiger partial charge in [-0.05, 0) is 82.5 Å². The summed E-state index contributed by atoms with van der Waals surface area (Å²) in [5.41, 5.74) is 10.3. The summed E-state index contributed by atoms with van der Waals surface area (Å²) in [6.07, 6.45) is 3.27. The molecule has 6 rings (SSSR count). The number of hydrogen-bond donors (Lipinski definition) is 5. The molecule has 14 heteroatoms. The van der Waals surface area contributed by atoms with Crippen LogP contribution in [0.15, 0.2) is 60.9 Å². The van der Waals surface area contributed by atoms with Gasteiger partial charge in [-0.1, -0.05) is 12.1 Å². The van der Waals surface area contributed by atoms with E-state index in [4.69, 9.17) is 10.5 Å². The number of hydrogen-bond acceptors (Lipinski definition) is 11. The first-order valence-corrected chi connectivity index (χ1v) is 15.3. The molecule has 0 atom stereocenters. The van der Waals surface area contributed by atoms with Crippen LogP contribution in [0.1, 0.15) is 45.0 Å². The highest BCUT2D eigenvalue weighted by Gasteiger charge is 2.17. The van der Waals surface area contributed by atoms with E-state index in [1.165, 1.54) is 6.07 Å². The summed E-state index contributed by atoms with van der Waals surface area (Å²) < 4.78 is 0. The molecule has 4 heterocycles. The second-order valence-corrected chi connectivity index (χ2v) is 11.5. The molecule has 4 aromatic heterocycles. The number of aromatic hydroxyl groups is 1. The third-order valence-corrected chi connectivity index (χ3v) is 8.05. The molecule has 0 radical (unpaired) electrons. The van der Waals surface area contributed by atoms with E-state index in [0.717, 1.165) is 44.9 Å². The number of aryl methyl sites for hydroxylation is 4. The Balaban J connectivity index is 0.000000195. The number of aromatic amines is 2. The Labute approximate surface area is 287 Å². The lowest BCUT2D eigenvalue weighted by molar-refractivity contribution is -0.385. The Morgan fingerprint density at radius 3 is 1.60 bits per heavy atom. The van der Waals surface area contributed by atoms with E-state index in [0.29, 0.717) is 45.9 Å². The van der Waals surface area contributed by atoms with Gasteiger partial charge < -0.3 is 25.7 Å². The lowest BCUT2D eigenvalue weighted by atomic mass is 10.1. The van der Waals surface area contributed by atoms with Crippen molar-refractivity contribution in [2.24, 2.45) is 0 Å². The third-order valence-electron chi connectivity index (χ3n) is 8.05. The Morgan fingerprint density at radius 2 is 1.18 bits per heavy atom. The van der Waals surface area contributed by atoms with Gasteiger partial charge in [-0.25, -0.2) is 19.9 Å². The number of phenolic OH excluding ortho intramolecular Hbond substituents is 1. The fourth-order valence-electron chi connectivity index (χ4n) is 5.44. The smallest absolute Gasteiger partial charge is 0.274 e. The van der Waals surface area contributed by atoms with Crippen molar-refractivity contribution in [3.05, 3.63) is 116 Å². The first-order chi connectivity index (χ1) is 23.9. The molecule has 0 aliphatic heterocycles. The Bertz CT molecular complexity index is 2330. The third kappa shape index (κ3) is 7.25. The van der Waals surface area contributed by atoms with Crippen LogP contribution in [0.25, 0.3) is 22.5 Å². The standard InChI is InChI=1S/C18H16N6O2.C18H17N5O/c1-10-4-5-13(8-16(10)24(25)26)22-18-20-7-6-14(23-18)17-11(2)15(9-19)21-12(17)3;1-10-4-5-13(8-16(10)24)22-18-20-7-6-14(23-18)17-11(2)15(9-19)21-12(17)3/h4-8,21H,1-3H3,(H,20,22,23);4-8,21,24H,1-3H3,(H,20,22,23). The maximum absolute atomic E-state index is 11.1. The number of nitrogens with one attached hydrogen (secondary N) is 4. The second kappa shape index (κ2) is 14.4. The van der Waals surface area contributed by atoms with Crippen molar-refractivity contribution in [1.82, 2.24) is 29.9 Å². The lowest BCUT2D eigenvalue weighted by Gasteiger charge is -2.08. The average molecular weight is 668 g/mol. The van der Waals surface area contributed by atoms with E-state index in [1.54, 1.807) is 43.6 Å². The molecule has 0 unspecified atom stereocenters. The molecule has 0 fully saturated rings. The summed E-state index contributed by atoms with van der Waals surface area (Å²) in [5.74, 6) is 0.959. The number of rotatable bonds is 7. The van der Waals surface area contributed by atoms with Gasteiger partial charge in [0.05, 0.1) is 16.3 Å². The zero-order chi connectivity index (χ0) is 36.1. The van der Waals surface area contributed by atoms with Gasteiger partial charge >= 0.3 is 0 Å². The zero-order valence-electron chi connectivity index (χ0n) is 28.2. The van der Waals surface area contributed by atoms with Crippen LogP contribution in [-0.4, -0.2) is 39.9 Å². The summed E-state index contributed by atoms with van der Waals surface area (Å²) in [6.45, 7) is 11.1. The minimum atomic E-state index is -0.423. The monoisotopic (exact) mass is 667 g/mol. The van der Waals surface area contributed by atoms with Crippen LogP contribution in [0.5, 0.6) is 5.75 Å². The van der Waals surface area contributed by atoms with Gasteiger partial charge in [-0.3, -0.25) is 10.1 Å². The Hall–Kier alpha value is -7.06. The van der Waals surface area contributed by atoms with E-state index < -0.39 is 4.92 Å². The number of phenols is 1. The zero-order valence-corrected chi connectivity index (χ0v) is 28.2. The number of aromatic nitrogens is 6. The summed E-state index contributed by atoms with van der Waals surface area (Å²) in [7, 11) is 0. The van der Waals surface area contributed by atoms with E-state index >= 15 is 0 Å². The van der Waals surface area contributed by atoms with E-state index in [-0.39, 0.29) is 11.4 Å². The maximum atomic E-state index is 11.1.